The molecule has 4 rings (SSSR count). The molecule has 0 aliphatic carbocycles. The van der Waals surface area contributed by atoms with Crippen LogP contribution in [0.4, 0.5) is 13.2 Å². The van der Waals surface area contributed by atoms with Gasteiger partial charge < -0.3 is 19.3 Å². The van der Waals surface area contributed by atoms with Crippen LogP contribution in [0.2, 0.25) is 0 Å². The van der Waals surface area contributed by atoms with E-state index in [0.29, 0.717) is 24.8 Å². The van der Waals surface area contributed by atoms with Gasteiger partial charge in [-0.3, -0.25) is 4.79 Å². The van der Waals surface area contributed by atoms with Crippen molar-refractivity contribution in [3.63, 3.8) is 0 Å². The van der Waals surface area contributed by atoms with Gasteiger partial charge in [-0.25, -0.2) is 8.78 Å². The molecule has 1 aliphatic rings. The number of benzene rings is 2. The number of halogens is 3. The number of nitrogens with zero attached hydrogens (tertiary/aromatic N) is 3. The third-order valence-electron chi connectivity index (χ3n) is 4.46. The molecule has 0 saturated carbocycles. The molecule has 10 heteroatoms. The van der Waals surface area contributed by atoms with Gasteiger partial charge in [-0.2, -0.15) is 9.37 Å². The zero-order chi connectivity index (χ0) is 20.5. The first-order valence-corrected chi connectivity index (χ1v) is 8.65. The highest BCUT2D eigenvalue weighted by Crippen LogP contribution is 2.31. The number of phenols is 1. The van der Waals surface area contributed by atoms with Crippen molar-refractivity contribution in [2.45, 2.75) is 12.5 Å². The highest BCUT2D eigenvalue weighted by atomic mass is 19.2. The average Bonchev–Trinajstić information content (AvgIpc) is 3.39. The minimum atomic E-state index is -1.73. The summed E-state index contributed by atoms with van der Waals surface area (Å²) in [5.41, 5.74) is -0.653. The van der Waals surface area contributed by atoms with E-state index in [9.17, 15) is 23.1 Å². The number of ether oxygens (including phenoxy) is 1. The van der Waals surface area contributed by atoms with E-state index in [1.165, 1.54) is 4.90 Å². The summed E-state index contributed by atoms with van der Waals surface area (Å²) < 4.78 is 51.3. The zero-order valence-electron chi connectivity index (χ0n) is 14.8. The Balaban J connectivity index is 1.48. The number of hydrogen-bond acceptors (Lipinski definition) is 6. The maximum Gasteiger partial charge on any atom is 0.295 e. The van der Waals surface area contributed by atoms with Crippen LogP contribution in [0, 0.1) is 17.5 Å². The maximum atomic E-state index is 14.0. The monoisotopic (exact) mass is 405 g/mol. The van der Waals surface area contributed by atoms with E-state index in [4.69, 9.17) is 9.26 Å². The van der Waals surface area contributed by atoms with E-state index in [-0.39, 0.29) is 18.5 Å². The number of para-hydroxylation sites is 1. The Morgan fingerprint density at radius 1 is 1.21 bits per heavy atom. The number of aromatic hydroxyl groups is 1. The van der Waals surface area contributed by atoms with Crippen molar-refractivity contribution >= 4 is 5.91 Å². The van der Waals surface area contributed by atoms with Crippen LogP contribution in [0.1, 0.15) is 17.0 Å². The molecule has 2 heterocycles. The Morgan fingerprint density at radius 3 is 2.72 bits per heavy atom. The van der Waals surface area contributed by atoms with Crippen molar-refractivity contribution < 1.29 is 32.3 Å². The first kappa shape index (κ1) is 18.8. The molecule has 0 spiro atoms. The molecular formula is C19H14F3N3O4. The lowest BCUT2D eigenvalue weighted by Gasteiger charge is -2.15. The second-order valence-electron chi connectivity index (χ2n) is 6.40. The van der Waals surface area contributed by atoms with Gasteiger partial charge in [-0.15, -0.1) is 0 Å². The van der Waals surface area contributed by atoms with Crippen LogP contribution in [0.5, 0.6) is 11.5 Å². The van der Waals surface area contributed by atoms with Crippen LogP contribution in [-0.2, 0) is 0 Å². The summed E-state index contributed by atoms with van der Waals surface area (Å²) in [6, 6.07) is 9.61. The number of aromatic nitrogens is 2. The Labute approximate surface area is 162 Å². The van der Waals surface area contributed by atoms with Gasteiger partial charge in [-0.1, -0.05) is 23.4 Å². The molecule has 150 valence electrons. The van der Waals surface area contributed by atoms with Gasteiger partial charge >= 0.3 is 0 Å². The van der Waals surface area contributed by atoms with Crippen molar-refractivity contribution in [3.05, 3.63) is 59.7 Å². The minimum absolute atomic E-state index is 0.215. The van der Waals surface area contributed by atoms with E-state index < -0.39 is 40.6 Å². The number of hydrogen-bond donors (Lipinski definition) is 1. The summed E-state index contributed by atoms with van der Waals surface area (Å²) in [6.45, 7) is 0.679. The zero-order valence-corrected chi connectivity index (χ0v) is 14.8. The lowest BCUT2D eigenvalue weighted by molar-refractivity contribution is 0.0757. The van der Waals surface area contributed by atoms with Gasteiger partial charge in [0.2, 0.25) is 5.82 Å². The summed E-state index contributed by atoms with van der Waals surface area (Å²) in [5.74, 6) is -7.03. The first-order chi connectivity index (χ1) is 13.9. The van der Waals surface area contributed by atoms with Gasteiger partial charge in [0.1, 0.15) is 11.9 Å². The number of rotatable bonds is 4. The molecule has 1 aliphatic heterocycles. The fraction of sp³-hybridized carbons (Fsp3) is 0.211. The van der Waals surface area contributed by atoms with Gasteiger partial charge in [0.25, 0.3) is 17.6 Å². The molecule has 1 fully saturated rings. The van der Waals surface area contributed by atoms with Crippen molar-refractivity contribution in [3.8, 4) is 23.0 Å². The summed E-state index contributed by atoms with van der Waals surface area (Å²) in [4.78, 5) is 17.8. The largest absolute Gasteiger partial charge is 0.503 e. The van der Waals surface area contributed by atoms with E-state index in [0.717, 1.165) is 0 Å². The summed E-state index contributed by atoms with van der Waals surface area (Å²) in [7, 11) is 0. The van der Waals surface area contributed by atoms with Crippen LogP contribution >= 0.6 is 0 Å². The van der Waals surface area contributed by atoms with Crippen molar-refractivity contribution in [2.24, 2.45) is 0 Å². The Morgan fingerprint density at radius 2 is 1.97 bits per heavy atom. The van der Waals surface area contributed by atoms with Crippen LogP contribution in [-0.4, -0.2) is 45.2 Å². The van der Waals surface area contributed by atoms with Gasteiger partial charge in [0.05, 0.1) is 12.1 Å². The second-order valence-corrected chi connectivity index (χ2v) is 6.40. The highest BCUT2D eigenvalue weighted by Gasteiger charge is 2.31. The summed E-state index contributed by atoms with van der Waals surface area (Å²) in [5, 5.41) is 12.8. The second kappa shape index (κ2) is 7.46. The van der Waals surface area contributed by atoms with Gasteiger partial charge in [0, 0.05) is 13.0 Å². The van der Waals surface area contributed by atoms with Crippen molar-refractivity contribution in [1.29, 1.82) is 0 Å². The smallest absolute Gasteiger partial charge is 0.295 e. The van der Waals surface area contributed by atoms with E-state index >= 15 is 0 Å². The molecule has 0 radical (unpaired) electrons. The Bertz CT molecular complexity index is 1060. The number of likely N-dealkylation sites (tertiary alicyclic amines) is 1. The number of amides is 1. The Kier molecular flexibility index (Phi) is 4.83. The molecule has 1 N–H and O–H groups in total. The molecule has 1 amide bonds. The van der Waals surface area contributed by atoms with Crippen LogP contribution in [0.15, 0.2) is 40.9 Å². The predicted octanol–water partition coefficient (Wildman–Crippen LogP) is 3.15. The molecule has 1 saturated heterocycles. The van der Waals surface area contributed by atoms with Crippen molar-refractivity contribution in [1.82, 2.24) is 15.0 Å². The molecule has 7 nitrogen and oxygen atoms in total. The number of carbonyl (C=O) groups excluding carboxylic acids is 1. The van der Waals surface area contributed by atoms with E-state index in [1.807, 2.05) is 30.3 Å². The molecule has 29 heavy (non-hydrogen) atoms. The van der Waals surface area contributed by atoms with Crippen LogP contribution in [0.3, 0.4) is 0 Å². The van der Waals surface area contributed by atoms with Crippen LogP contribution < -0.4 is 4.74 Å². The average molecular weight is 405 g/mol. The fourth-order valence-electron chi connectivity index (χ4n) is 3.01. The predicted molar refractivity (Wildman–Crippen MR) is 92.7 cm³/mol. The normalized spacial score (nSPS) is 16.2. The molecule has 0 bridgehead atoms. The fourth-order valence-corrected chi connectivity index (χ4v) is 3.01. The third-order valence-corrected chi connectivity index (χ3v) is 4.46. The molecular weight excluding hydrogens is 391 g/mol. The molecule has 1 aromatic heterocycles. The van der Waals surface area contributed by atoms with Gasteiger partial charge in [-0.05, 0) is 18.2 Å². The van der Waals surface area contributed by atoms with E-state index in [1.54, 1.807) is 0 Å². The summed E-state index contributed by atoms with van der Waals surface area (Å²) >= 11 is 0. The Hall–Kier alpha value is -3.56. The SMILES string of the molecule is O=C(c1noc(-c2cc(F)c(F)c(O)c2F)n1)N1CC[C@H](Oc2ccccc2)C1. The number of phenolic OH excluding ortho intramolecular Hbond substituents is 1. The van der Waals surface area contributed by atoms with Gasteiger partial charge in [0.15, 0.2) is 17.4 Å². The first-order valence-electron chi connectivity index (χ1n) is 8.65. The highest BCUT2D eigenvalue weighted by molar-refractivity contribution is 5.91. The maximum absolute atomic E-state index is 14.0. The lowest BCUT2D eigenvalue weighted by atomic mass is 10.2. The standard InChI is InChI=1S/C19H14F3N3O4/c20-13-8-12(14(21)16(26)15(13)22)18-23-17(24-29-18)19(27)25-7-6-11(9-25)28-10-4-2-1-3-5-10/h1-5,8,11,26H,6-7,9H2/t11-/m0/s1. The van der Waals surface area contributed by atoms with Crippen molar-refractivity contribution in [2.75, 3.05) is 13.1 Å². The number of carbonyl (C=O) groups is 1. The lowest BCUT2D eigenvalue weighted by Crippen LogP contribution is -2.31. The van der Waals surface area contributed by atoms with E-state index in [2.05, 4.69) is 10.1 Å². The molecule has 1 atom stereocenters. The topological polar surface area (TPSA) is 88.7 Å². The summed E-state index contributed by atoms with van der Waals surface area (Å²) in [6.07, 6.45) is 0.380. The van der Waals surface area contributed by atoms with Crippen LogP contribution in [0.25, 0.3) is 11.5 Å². The quantitative estimate of drug-likeness (QED) is 0.671. The third kappa shape index (κ3) is 3.60. The molecule has 2 aromatic carbocycles. The molecule has 3 aromatic rings. The minimum Gasteiger partial charge on any atom is -0.503 e. The molecule has 0 unspecified atom stereocenters.